The summed E-state index contributed by atoms with van der Waals surface area (Å²) in [6, 6.07) is 2.25. The summed E-state index contributed by atoms with van der Waals surface area (Å²) in [5.74, 6) is -2.69. The van der Waals surface area contributed by atoms with Gasteiger partial charge in [0.05, 0.1) is 4.92 Å². The van der Waals surface area contributed by atoms with Gasteiger partial charge in [-0.2, -0.15) is 0 Å². The fraction of sp³-hybridized carbons (Fsp3) is 0.421. The van der Waals surface area contributed by atoms with Crippen LogP contribution in [0.2, 0.25) is 0 Å². The van der Waals surface area contributed by atoms with Crippen molar-refractivity contribution in [2.75, 3.05) is 5.32 Å². The third kappa shape index (κ3) is 6.31. The summed E-state index contributed by atoms with van der Waals surface area (Å²) in [6.07, 6.45) is 0.137. The van der Waals surface area contributed by atoms with Crippen molar-refractivity contribution in [3.63, 3.8) is 0 Å². The van der Waals surface area contributed by atoms with Gasteiger partial charge in [-0.05, 0) is 32.9 Å². The number of carbonyl (C=O) groups excluding carboxylic acids is 5. The van der Waals surface area contributed by atoms with Crippen LogP contribution < -0.4 is 21.4 Å². The molecule has 0 unspecified atom stereocenters. The molecule has 32 heavy (non-hydrogen) atoms. The lowest BCUT2D eigenvalue weighted by Crippen LogP contribution is -2.56. The minimum Gasteiger partial charge on any atom is -0.343 e. The van der Waals surface area contributed by atoms with Crippen LogP contribution in [0, 0.1) is 10.1 Å². The van der Waals surface area contributed by atoms with Gasteiger partial charge in [-0.15, -0.1) is 0 Å². The Morgan fingerprint density at radius 3 is 1.84 bits per heavy atom. The molecule has 4 N–H and O–H groups in total. The van der Waals surface area contributed by atoms with Crippen molar-refractivity contribution in [2.24, 2.45) is 0 Å². The Balaban J connectivity index is 1.83. The zero-order chi connectivity index (χ0) is 24.0. The summed E-state index contributed by atoms with van der Waals surface area (Å²) in [5, 5.41) is 18.9. The second-order valence-electron chi connectivity index (χ2n) is 7.23. The molecule has 1 aliphatic heterocycles. The molecule has 0 bridgehead atoms. The average molecular weight is 448 g/mol. The maximum Gasteiger partial charge on any atom is 0.269 e. The number of anilines is 1. The number of non-ortho nitro benzene ring substituents is 1. The largest absolute Gasteiger partial charge is 0.343 e. The third-order valence-corrected chi connectivity index (χ3v) is 4.62. The monoisotopic (exact) mass is 448 g/mol. The van der Waals surface area contributed by atoms with Crippen LogP contribution >= 0.6 is 0 Å². The van der Waals surface area contributed by atoms with Crippen LogP contribution in [0.15, 0.2) is 24.3 Å². The molecule has 0 aromatic heterocycles. The Kier molecular flexibility index (Phi) is 7.96. The fourth-order valence-electron chi connectivity index (χ4n) is 2.70. The van der Waals surface area contributed by atoms with Crippen molar-refractivity contribution in [1.82, 2.24) is 21.1 Å². The zero-order valence-electron chi connectivity index (χ0n) is 17.7. The first-order valence-electron chi connectivity index (χ1n) is 9.77. The zero-order valence-corrected chi connectivity index (χ0v) is 17.7. The number of nitrogens with zero attached hydrogens (tertiary/aromatic N) is 2. The molecule has 13 heteroatoms. The molecule has 1 aromatic rings. The maximum atomic E-state index is 12.3. The average Bonchev–Trinajstić information content (AvgIpc) is 3.05. The second-order valence-corrected chi connectivity index (χ2v) is 7.23. The topological polar surface area (TPSA) is 180 Å². The smallest absolute Gasteiger partial charge is 0.269 e. The van der Waals surface area contributed by atoms with E-state index in [4.69, 9.17) is 0 Å². The molecule has 2 rings (SSSR count). The van der Waals surface area contributed by atoms with E-state index in [-0.39, 0.29) is 18.5 Å². The molecule has 1 fully saturated rings. The van der Waals surface area contributed by atoms with Gasteiger partial charge in [0.15, 0.2) is 0 Å². The summed E-state index contributed by atoms with van der Waals surface area (Å²) in [4.78, 5) is 70.2. The Morgan fingerprint density at radius 1 is 0.875 bits per heavy atom. The SMILES string of the molecule is C[C@H](NC(=O)[C@H](C)NC(=O)[C@H](C)NN1C(=O)CCC1=O)C(=O)Nc1ccc([N+](=O)[O-])cc1. The van der Waals surface area contributed by atoms with Crippen LogP contribution in [-0.4, -0.2) is 57.6 Å². The van der Waals surface area contributed by atoms with E-state index in [1.165, 1.54) is 45.0 Å². The van der Waals surface area contributed by atoms with E-state index in [9.17, 15) is 34.1 Å². The number of hydrogen-bond donors (Lipinski definition) is 4. The fourth-order valence-corrected chi connectivity index (χ4v) is 2.70. The third-order valence-electron chi connectivity index (χ3n) is 4.62. The molecule has 1 aromatic carbocycles. The van der Waals surface area contributed by atoms with Gasteiger partial charge >= 0.3 is 0 Å². The molecule has 0 spiro atoms. The second kappa shape index (κ2) is 10.4. The number of amides is 5. The van der Waals surface area contributed by atoms with Gasteiger partial charge < -0.3 is 16.0 Å². The van der Waals surface area contributed by atoms with E-state index in [0.717, 1.165) is 5.01 Å². The number of hydrogen-bond acceptors (Lipinski definition) is 8. The predicted octanol–water partition coefficient (Wildman–Crippen LogP) is -0.415. The molecule has 0 saturated carbocycles. The van der Waals surface area contributed by atoms with Crippen molar-refractivity contribution in [3.05, 3.63) is 34.4 Å². The van der Waals surface area contributed by atoms with Crippen LogP contribution in [0.3, 0.4) is 0 Å². The van der Waals surface area contributed by atoms with Gasteiger partial charge in [-0.1, -0.05) is 0 Å². The Morgan fingerprint density at radius 2 is 1.34 bits per heavy atom. The van der Waals surface area contributed by atoms with Crippen molar-refractivity contribution >= 4 is 40.9 Å². The Labute approximate surface area is 183 Å². The molecular weight excluding hydrogens is 424 g/mol. The van der Waals surface area contributed by atoms with Gasteiger partial charge in [0.1, 0.15) is 18.1 Å². The molecule has 3 atom stereocenters. The van der Waals surface area contributed by atoms with Gasteiger partial charge in [-0.3, -0.25) is 34.1 Å². The summed E-state index contributed by atoms with van der Waals surface area (Å²) < 4.78 is 0. The number of nitrogens with one attached hydrogen (secondary N) is 4. The van der Waals surface area contributed by atoms with Crippen molar-refractivity contribution in [2.45, 2.75) is 51.7 Å². The van der Waals surface area contributed by atoms with Gasteiger partial charge in [0.25, 0.3) is 5.69 Å². The van der Waals surface area contributed by atoms with Gasteiger partial charge in [-0.25, -0.2) is 10.4 Å². The lowest BCUT2D eigenvalue weighted by Gasteiger charge is -2.23. The van der Waals surface area contributed by atoms with Crippen LogP contribution in [0.5, 0.6) is 0 Å². The van der Waals surface area contributed by atoms with E-state index in [2.05, 4.69) is 21.4 Å². The molecule has 5 amide bonds. The highest BCUT2D eigenvalue weighted by molar-refractivity contribution is 6.02. The molecule has 1 aliphatic rings. The number of nitro groups is 1. The van der Waals surface area contributed by atoms with Crippen molar-refractivity contribution in [3.8, 4) is 0 Å². The number of carbonyl (C=O) groups is 5. The Bertz CT molecular complexity index is 917. The minimum atomic E-state index is -1.01. The highest BCUT2D eigenvalue weighted by Crippen LogP contribution is 2.15. The normalized spacial score (nSPS) is 16.2. The van der Waals surface area contributed by atoms with Crippen LogP contribution in [0.4, 0.5) is 11.4 Å². The molecule has 1 heterocycles. The predicted molar refractivity (Wildman–Crippen MR) is 111 cm³/mol. The van der Waals surface area contributed by atoms with Crippen LogP contribution in [0.25, 0.3) is 0 Å². The van der Waals surface area contributed by atoms with Crippen LogP contribution in [-0.2, 0) is 24.0 Å². The first kappa shape index (κ1) is 24.4. The quantitative estimate of drug-likeness (QED) is 0.223. The first-order valence-corrected chi connectivity index (χ1v) is 9.77. The molecule has 0 radical (unpaired) electrons. The standard InChI is InChI=1S/C19H24N6O7/c1-10(21-19(30)12(3)23-24-15(26)8-9-16(24)27)17(28)20-11(2)18(29)22-13-4-6-14(7-5-13)25(31)32/h4-7,10-12,23H,8-9H2,1-3H3,(H,20,28)(H,21,30)(H,22,29)/t10-,11-,12-/m0/s1. The van der Waals surface area contributed by atoms with E-state index < -0.39 is 52.6 Å². The molecule has 0 aliphatic carbocycles. The number of hydrazine groups is 1. The number of nitro benzene ring substituents is 1. The maximum absolute atomic E-state index is 12.3. The number of rotatable bonds is 9. The highest BCUT2D eigenvalue weighted by Gasteiger charge is 2.32. The molecule has 1 saturated heterocycles. The van der Waals surface area contributed by atoms with Crippen LogP contribution in [0.1, 0.15) is 33.6 Å². The lowest BCUT2D eigenvalue weighted by atomic mass is 10.2. The van der Waals surface area contributed by atoms with Crippen molar-refractivity contribution in [1.29, 1.82) is 0 Å². The molecule has 172 valence electrons. The van der Waals surface area contributed by atoms with Gasteiger partial charge in [0.2, 0.25) is 29.5 Å². The van der Waals surface area contributed by atoms with E-state index >= 15 is 0 Å². The van der Waals surface area contributed by atoms with E-state index in [0.29, 0.717) is 5.69 Å². The lowest BCUT2D eigenvalue weighted by molar-refractivity contribution is -0.384. The minimum absolute atomic E-state index is 0.0683. The number of benzene rings is 1. The molecular formula is C19H24N6O7. The summed E-state index contributed by atoms with van der Waals surface area (Å²) >= 11 is 0. The number of imide groups is 1. The van der Waals surface area contributed by atoms with Crippen molar-refractivity contribution < 1.29 is 28.9 Å². The summed E-state index contributed by atoms with van der Waals surface area (Å²) in [6.45, 7) is 4.27. The Hall–Kier alpha value is -3.87. The highest BCUT2D eigenvalue weighted by atomic mass is 16.6. The van der Waals surface area contributed by atoms with E-state index in [1.54, 1.807) is 0 Å². The molecule has 13 nitrogen and oxygen atoms in total. The van der Waals surface area contributed by atoms with E-state index in [1.807, 2.05) is 0 Å². The first-order chi connectivity index (χ1) is 15.0. The summed E-state index contributed by atoms with van der Waals surface area (Å²) in [7, 11) is 0. The van der Waals surface area contributed by atoms with Gasteiger partial charge in [0, 0.05) is 30.7 Å². The summed E-state index contributed by atoms with van der Waals surface area (Å²) in [5.41, 5.74) is 2.69.